The van der Waals surface area contributed by atoms with Crippen LogP contribution >= 0.6 is 0 Å². The molecule has 0 amide bonds. The molecule has 4 heteroatoms. The molecule has 1 aliphatic carbocycles. The Balaban J connectivity index is 2.08. The van der Waals surface area contributed by atoms with Crippen LogP contribution in [-0.2, 0) is 4.79 Å². The number of halogens is 2. The number of hydrogen-bond donors (Lipinski definition) is 0. The lowest BCUT2D eigenvalue weighted by molar-refractivity contribution is -0.129. The van der Waals surface area contributed by atoms with Gasteiger partial charge in [0.15, 0.2) is 11.6 Å². The molecule has 2 rings (SSSR count). The van der Waals surface area contributed by atoms with E-state index in [0.29, 0.717) is 0 Å². The van der Waals surface area contributed by atoms with Crippen LogP contribution in [0.1, 0.15) is 12.8 Å². The maximum absolute atomic E-state index is 13.0. The molecule has 1 aliphatic rings. The van der Waals surface area contributed by atoms with E-state index in [1.54, 1.807) is 0 Å². The molecular weight excluding hydrogens is 190 g/mol. The minimum atomic E-state index is -0.606. The second-order valence-corrected chi connectivity index (χ2v) is 3.26. The fourth-order valence-corrected chi connectivity index (χ4v) is 1.28. The van der Waals surface area contributed by atoms with Crippen LogP contribution in [0.25, 0.3) is 0 Å². The molecule has 74 valence electrons. The standard InChI is InChI=1S/C10H8F2O2/c11-6-1-2-9(12)10(3-6)14-8-4-7(13)5-8/h1-3,8H,4-5H2. The summed E-state index contributed by atoms with van der Waals surface area (Å²) in [5.74, 6) is -1.19. The molecule has 0 aliphatic heterocycles. The molecule has 1 saturated carbocycles. The van der Waals surface area contributed by atoms with Crippen LogP contribution in [-0.4, -0.2) is 11.9 Å². The van der Waals surface area contributed by atoms with Crippen molar-refractivity contribution in [1.82, 2.24) is 0 Å². The molecule has 0 N–H and O–H groups in total. The maximum atomic E-state index is 13.0. The summed E-state index contributed by atoms with van der Waals surface area (Å²) in [6.45, 7) is 0. The summed E-state index contributed by atoms with van der Waals surface area (Å²) in [6, 6.07) is 3.01. The van der Waals surface area contributed by atoms with Crippen molar-refractivity contribution in [2.24, 2.45) is 0 Å². The minimum Gasteiger partial charge on any atom is -0.486 e. The predicted molar refractivity (Wildman–Crippen MR) is 45.0 cm³/mol. The minimum absolute atomic E-state index is 0.0896. The van der Waals surface area contributed by atoms with Gasteiger partial charge in [-0.25, -0.2) is 8.78 Å². The lowest BCUT2D eigenvalue weighted by atomic mass is 9.94. The number of ether oxygens (including phenoxy) is 1. The number of rotatable bonds is 2. The van der Waals surface area contributed by atoms with Crippen molar-refractivity contribution in [3.8, 4) is 5.75 Å². The zero-order chi connectivity index (χ0) is 10.1. The first kappa shape index (κ1) is 9.12. The SMILES string of the molecule is O=C1CC(Oc2cc(F)ccc2F)C1. The summed E-state index contributed by atoms with van der Waals surface area (Å²) >= 11 is 0. The highest BCUT2D eigenvalue weighted by molar-refractivity contribution is 5.85. The van der Waals surface area contributed by atoms with E-state index >= 15 is 0 Å². The first-order chi connectivity index (χ1) is 6.65. The highest BCUT2D eigenvalue weighted by Gasteiger charge is 2.29. The van der Waals surface area contributed by atoms with Crippen molar-refractivity contribution < 1.29 is 18.3 Å². The second-order valence-electron chi connectivity index (χ2n) is 3.26. The molecule has 2 nitrogen and oxygen atoms in total. The fourth-order valence-electron chi connectivity index (χ4n) is 1.28. The van der Waals surface area contributed by atoms with Crippen molar-refractivity contribution >= 4 is 5.78 Å². The molecule has 0 saturated heterocycles. The van der Waals surface area contributed by atoms with Gasteiger partial charge in [0.25, 0.3) is 0 Å². The highest BCUT2D eigenvalue weighted by atomic mass is 19.1. The fraction of sp³-hybridized carbons (Fsp3) is 0.300. The van der Waals surface area contributed by atoms with E-state index < -0.39 is 11.6 Å². The van der Waals surface area contributed by atoms with Gasteiger partial charge < -0.3 is 4.74 Å². The van der Waals surface area contributed by atoms with Gasteiger partial charge in [-0.2, -0.15) is 0 Å². The van der Waals surface area contributed by atoms with Crippen molar-refractivity contribution in [3.63, 3.8) is 0 Å². The summed E-state index contributed by atoms with van der Waals surface area (Å²) in [6.07, 6.45) is 0.283. The van der Waals surface area contributed by atoms with E-state index in [1.165, 1.54) is 0 Å². The summed E-state index contributed by atoms with van der Waals surface area (Å²) in [7, 11) is 0. The lowest BCUT2D eigenvalue weighted by Gasteiger charge is -2.25. The van der Waals surface area contributed by atoms with Crippen molar-refractivity contribution in [3.05, 3.63) is 29.8 Å². The van der Waals surface area contributed by atoms with Gasteiger partial charge in [0, 0.05) is 18.9 Å². The summed E-state index contributed by atoms with van der Waals surface area (Å²) in [5.41, 5.74) is 0. The van der Waals surface area contributed by atoms with Crippen molar-refractivity contribution in [1.29, 1.82) is 0 Å². The van der Waals surface area contributed by atoms with Crippen molar-refractivity contribution in [2.75, 3.05) is 0 Å². The van der Waals surface area contributed by atoms with Gasteiger partial charge in [0.2, 0.25) is 0 Å². The Labute approximate surface area is 79.5 Å². The average Bonchev–Trinajstić information content (AvgIpc) is 2.09. The number of carbonyl (C=O) groups is 1. The maximum Gasteiger partial charge on any atom is 0.165 e. The van der Waals surface area contributed by atoms with Gasteiger partial charge in [-0.1, -0.05) is 0 Å². The molecule has 1 aromatic rings. The molecule has 0 atom stereocenters. The first-order valence-electron chi connectivity index (χ1n) is 4.28. The third-order valence-electron chi connectivity index (χ3n) is 2.10. The number of carbonyl (C=O) groups excluding carboxylic acids is 1. The summed E-state index contributed by atoms with van der Waals surface area (Å²) in [5, 5.41) is 0. The zero-order valence-corrected chi connectivity index (χ0v) is 7.30. The number of hydrogen-bond acceptors (Lipinski definition) is 2. The van der Waals surface area contributed by atoms with E-state index in [0.717, 1.165) is 18.2 Å². The normalized spacial score (nSPS) is 16.6. The van der Waals surface area contributed by atoms with Crippen LogP contribution in [0, 0.1) is 11.6 Å². The lowest BCUT2D eigenvalue weighted by Crippen LogP contribution is -2.34. The topological polar surface area (TPSA) is 26.3 Å². The average molecular weight is 198 g/mol. The van der Waals surface area contributed by atoms with E-state index in [1.807, 2.05) is 0 Å². The Morgan fingerprint density at radius 1 is 1.29 bits per heavy atom. The smallest absolute Gasteiger partial charge is 0.165 e. The molecule has 0 heterocycles. The predicted octanol–water partition coefficient (Wildman–Crippen LogP) is 2.08. The van der Waals surface area contributed by atoms with Gasteiger partial charge in [0.1, 0.15) is 17.7 Å². The van der Waals surface area contributed by atoms with Gasteiger partial charge in [0.05, 0.1) is 0 Å². The molecule has 0 bridgehead atoms. The Kier molecular flexibility index (Phi) is 2.19. The molecule has 14 heavy (non-hydrogen) atoms. The number of Topliss-reactive ketones (excluding diaryl/α,β-unsaturated/α-hetero) is 1. The molecule has 0 unspecified atom stereocenters. The monoisotopic (exact) mass is 198 g/mol. The Morgan fingerprint density at radius 3 is 2.64 bits per heavy atom. The quantitative estimate of drug-likeness (QED) is 0.727. The van der Waals surface area contributed by atoms with Crippen LogP contribution in [0.5, 0.6) is 5.75 Å². The second kappa shape index (κ2) is 3.36. The van der Waals surface area contributed by atoms with Gasteiger partial charge in [-0.3, -0.25) is 4.79 Å². The highest BCUT2D eigenvalue weighted by Crippen LogP contribution is 2.25. The molecular formula is C10H8F2O2. The Bertz CT molecular complexity index is 368. The first-order valence-corrected chi connectivity index (χ1v) is 4.28. The van der Waals surface area contributed by atoms with Gasteiger partial charge in [-0.15, -0.1) is 0 Å². The van der Waals surface area contributed by atoms with Crippen LogP contribution in [0.15, 0.2) is 18.2 Å². The van der Waals surface area contributed by atoms with Crippen molar-refractivity contribution in [2.45, 2.75) is 18.9 Å². The summed E-state index contributed by atoms with van der Waals surface area (Å²) in [4.78, 5) is 10.6. The van der Waals surface area contributed by atoms with E-state index in [4.69, 9.17) is 4.74 Å². The number of benzene rings is 1. The van der Waals surface area contributed by atoms with E-state index in [9.17, 15) is 13.6 Å². The van der Waals surface area contributed by atoms with Gasteiger partial charge >= 0.3 is 0 Å². The number of ketones is 1. The molecule has 0 radical (unpaired) electrons. The van der Waals surface area contributed by atoms with Gasteiger partial charge in [-0.05, 0) is 12.1 Å². The Morgan fingerprint density at radius 2 is 2.00 bits per heavy atom. The molecule has 1 aromatic carbocycles. The van der Waals surface area contributed by atoms with E-state index in [-0.39, 0.29) is 30.5 Å². The molecule has 1 fully saturated rings. The molecule has 0 spiro atoms. The largest absolute Gasteiger partial charge is 0.486 e. The Hall–Kier alpha value is -1.45. The molecule has 0 aromatic heterocycles. The zero-order valence-electron chi connectivity index (χ0n) is 7.30. The summed E-state index contributed by atoms with van der Waals surface area (Å²) < 4.78 is 30.8. The van der Waals surface area contributed by atoms with Crippen LogP contribution < -0.4 is 4.74 Å². The van der Waals surface area contributed by atoms with Crippen LogP contribution in [0.3, 0.4) is 0 Å². The van der Waals surface area contributed by atoms with Crippen LogP contribution in [0.4, 0.5) is 8.78 Å². The third-order valence-corrected chi connectivity index (χ3v) is 2.10. The van der Waals surface area contributed by atoms with E-state index in [2.05, 4.69) is 0 Å². The van der Waals surface area contributed by atoms with Crippen LogP contribution in [0.2, 0.25) is 0 Å². The third kappa shape index (κ3) is 1.73.